The smallest absolute Gasteiger partial charge is 0.298 e. The SMILES string of the molecule is O=C(Nc1ccc(N2CCOCC2)cc1N1CCOCC1)C1CCN(c2nc3ccccc3o2)CC1. The van der Waals surface area contributed by atoms with E-state index in [9.17, 15) is 4.79 Å². The maximum absolute atomic E-state index is 13.3. The van der Waals surface area contributed by atoms with Gasteiger partial charge >= 0.3 is 0 Å². The molecule has 0 radical (unpaired) electrons. The zero-order valence-corrected chi connectivity index (χ0v) is 20.5. The molecular weight excluding hydrogens is 458 g/mol. The van der Waals surface area contributed by atoms with Crippen LogP contribution in [0.2, 0.25) is 0 Å². The van der Waals surface area contributed by atoms with Crippen LogP contribution < -0.4 is 20.0 Å². The second kappa shape index (κ2) is 10.4. The quantitative estimate of drug-likeness (QED) is 0.582. The lowest BCUT2D eigenvalue weighted by molar-refractivity contribution is -0.120. The van der Waals surface area contributed by atoms with Crippen LogP contribution in [0.1, 0.15) is 12.8 Å². The monoisotopic (exact) mass is 491 g/mol. The maximum atomic E-state index is 13.3. The van der Waals surface area contributed by atoms with Crippen molar-refractivity contribution < 1.29 is 18.7 Å². The summed E-state index contributed by atoms with van der Waals surface area (Å²) in [6.45, 7) is 7.78. The second-order valence-electron chi connectivity index (χ2n) is 9.62. The Morgan fingerprint density at radius 1 is 0.833 bits per heavy atom. The average Bonchev–Trinajstić information content (AvgIpc) is 3.39. The molecule has 0 aliphatic carbocycles. The normalized spacial score (nSPS) is 19.6. The maximum Gasteiger partial charge on any atom is 0.298 e. The Balaban J connectivity index is 1.14. The summed E-state index contributed by atoms with van der Waals surface area (Å²) in [5.74, 6) is 0.0444. The van der Waals surface area contributed by atoms with Gasteiger partial charge in [0.25, 0.3) is 6.01 Å². The highest BCUT2D eigenvalue weighted by molar-refractivity contribution is 5.96. The van der Waals surface area contributed by atoms with Crippen molar-refractivity contribution in [1.82, 2.24) is 4.98 Å². The molecule has 3 fully saturated rings. The lowest BCUT2D eigenvalue weighted by Gasteiger charge is -2.34. The number of morpholine rings is 2. The summed E-state index contributed by atoms with van der Waals surface area (Å²) in [6.07, 6.45) is 1.53. The van der Waals surface area contributed by atoms with Crippen LogP contribution in [0.25, 0.3) is 11.1 Å². The van der Waals surface area contributed by atoms with Crippen molar-refractivity contribution in [3.05, 3.63) is 42.5 Å². The number of aromatic nitrogens is 1. The van der Waals surface area contributed by atoms with Crippen LogP contribution in [0.5, 0.6) is 0 Å². The lowest BCUT2D eigenvalue weighted by atomic mass is 9.96. The molecule has 3 saturated heterocycles. The Kier molecular flexibility index (Phi) is 6.65. The number of ether oxygens (including phenoxy) is 2. The van der Waals surface area contributed by atoms with E-state index in [0.717, 1.165) is 87.8 Å². The molecule has 1 aromatic heterocycles. The fourth-order valence-corrected chi connectivity index (χ4v) is 5.27. The van der Waals surface area contributed by atoms with Gasteiger partial charge in [-0.15, -0.1) is 0 Å². The molecule has 4 heterocycles. The van der Waals surface area contributed by atoms with Gasteiger partial charge in [-0.05, 0) is 43.2 Å². The number of nitrogens with one attached hydrogen (secondary N) is 1. The Hall–Kier alpha value is -3.30. The van der Waals surface area contributed by atoms with E-state index in [-0.39, 0.29) is 11.8 Å². The van der Waals surface area contributed by atoms with Crippen LogP contribution in [0, 0.1) is 5.92 Å². The number of fused-ring (bicyclic) bond motifs is 1. The van der Waals surface area contributed by atoms with E-state index < -0.39 is 0 Å². The summed E-state index contributed by atoms with van der Waals surface area (Å²) in [5.41, 5.74) is 4.77. The molecule has 6 rings (SSSR count). The number of para-hydroxylation sites is 2. The first-order valence-corrected chi connectivity index (χ1v) is 13.0. The molecule has 9 nitrogen and oxygen atoms in total. The van der Waals surface area contributed by atoms with Gasteiger partial charge in [-0.3, -0.25) is 4.79 Å². The largest absolute Gasteiger partial charge is 0.423 e. The van der Waals surface area contributed by atoms with Crippen molar-refractivity contribution in [2.24, 2.45) is 5.92 Å². The van der Waals surface area contributed by atoms with Crippen LogP contribution >= 0.6 is 0 Å². The van der Waals surface area contributed by atoms with Crippen LogP contribution in [-0.4, -0.2) is 76.6 Å². The van der Waals surface area contributed by atoms with E-state index in [0.29, 0.717) is 19.2 Å². The highest BCUT2D eigenvalue weighted by Crippen LogP contribution is 2.33. The van der Waals surface area contributed by atoms with E-state index in [1.807, 2.05) is 24.3 Å². The predicted molar refractivity (Wildman–Crippen MR) is 140 cm³/mol. The lowest BCUT2D eigenvalue weighted by Crippen LogP contribution is -2.39. The van der Waals surface area contributed by atoms with Crippen LogP contribution in [-0.2, 0) is 14.3 Å². The summed E-state index contributed by atoms with van der Waals surface area (Å²) >= 11 is 0. The summed E-state index contributed by atoms with van der Waals surface area (Å²) in [4.78, 5) is 24.8. The molecule has 0 saturated carbocycles. The molecular formula is C27H33N5O4. The first-order chi connectivity index (χ1) is 17.7. The first-order valence-electron chi connectivity index (χ1n) is 13.0. The summed E-state index contributed by atoms with van der Waals surface area (Å²) in [7, 11) is 0. The van der Waals surface area contributed by atoms with Gasteiger partial charge in [-0.25, -0.2) is 0 Å². The first kappa shape index (κ1) is 23.1. The van der Waals surface area contributed by atoms with Gasteiger partial charge in [-0.1, -0.05) is 12.1 Å². The number of carbonyl (C=O) groups is 1. The predicted octanol–water partition coefficient (Wildman–Crippen LogP) is 3.36. The summed E-state index contributed by atoms with van der Waals surface area (Å²) < 4.78 is 17.0. The van der Waals surface area contributed by atoms with Crippen LogP contribution in [0.3, 0.4) is 0 Å². The molecule has 36 heavy (non-hydrogen) atoms. The molecule has 2 aromatic carbocycles. The van der Waals surface area contributed by atoms with Crippen LogP contribution in [0.15, 0.2) is 46.9 Å². The van der Waals surface area contributed by atoms with Gasteiger partial charge in [0.2, 0.25) is 5.91 Å². The highest BCUT2D eigenvalue weighted by atomic mass is 16.5. The fraction of sp³-hybridized carbons (Fsp3) is 0.481. The zero-order chi connectivity index (χ0) is 24.3. The third-order valence-corrected chi connectivity index (χ3v) is 7.39. The minimum Gasteiger partial charge on any atom is -0.423 e. The van der Waals surface area contributed by atoms with Crippen LogP contribution in [0.4, 0.5) is 23.1 Å². The molecule has 3 aliphatic rings. The third-order valence-electron chi connectivity index (χ3n) is 7.39. The molecule has 9 heteroatoms. The Morgan fingerprint density at radius 3 is 2.25 bits per heavy atom. The Labute approximate surface area is 210 Å². The molecule has 3 aromatic rings. The van der Waals surface area contributed by atoms with Gasteiger partial charge in [0.1, 0.15) is 5.52 Å². The number of nitrogens with zero attached hydrogens (tertiary/aromatic N) is 4. The van der Waals surface area contributed by atoms with Gasteiger partial charge in [0, 0.05) is 50.9 Å². The van der Waals surface area contributed by atoms with Crippen molar-refractivity contribution in [2.45, 2.75) is 12.8 Å². The molecule has 0 bridgehead atoms. The summed E-state index contributed by atoms with van der Waals surface area (Å²) in [6, 6.07) is 14.8. The number of anilines is 4. The summed E-state index contributed by atoms with van der Waals surface area (Å²) in [5, 5.41) is 3.26. The number of rotatable bonds is 5. The van der Waals surface area contributed by atoms with Crippen molar-refractivity contribution in [2.75, 3.05) is 85.7 Å². The molecule has 0 unspecified atom stereocenters. The number of oxazole rings is 1. The molecule has 0 spiro atoms. The number of piperidine rings is 1. The number of amides is 1. The Morgan fingerprint density at radius 2 is 1.53 bits per heavy atom. The molecule has 3 aliphatic heterocycles. The number of hydrogen-bond acceptors (Lipinski definition) is 8. The van der Waals surface area contributed by atoms with Crippen molar-refractivity contribution >= 4 is 40.1 Å². The van der Waals surface area contributed by atoms with Crippen molar-refractivity contribution in [3.63, 3.8) is 0 Å². The number of benzene rings is 2. The molecule has 1 amide bonds. The fourth-order valence-electron chi connectivity index (χ4n) is 5.27. The van der Waals surface area contributed by atoms with Gasteiger partial charge < -0.3 is 33.9 Å². The van der Waals surface area contributed by atoms with Gasteiger partial charge in [0.15, 0.2) is 5.58 Å². The third kappa shape index (κ3) is 4.85. The second-order valence-corrected chi connectivity index (χ2v) is 9.62. The Bertz CT molecular complexity index is 1160. The van der Waals surface area contributed by atoms with E-state index in [1.165, 1.54) is 5.69 Å². The number of hydrogen-bond donors (Lipinski definition) is 1. The van der Waals surface area contributed by atoms with Gasteiger partial charge in [-0.2, -0.15) is 4.98 Å². The minimum atomic E-state index is -0.0397. The van der Waals surface area contributed by atoms with E-state index in [2.05, 4.69) is 43.2 Å². The molecule has 0 atom stereocenters. The van der Waals surface area contributed by atoms with E-state index in [1.54, 1.807) is 0 Å². The van der Waals surface area contributed by atoms with E-state index in [4.69, 9.17) is 13.9 Å². The minimum absolute atomic E-state index is 0.0397. The topological polar surface area (TPSA) is 83.3 Å². The average molecular weight is 492 g/mol. The van der Waals surface area contributed by atoms with Gasteiger partial charge in [0.05, 0.1) is 37.8 Å². The highest BCUT2D eigenvalue weighted by Gasteiger charge is 2.28. The van der Waals surface area contributed by atoms with E-state index >= 15 is 0 Å². The zero-order valence-electron chi connectivity index (χ0n) is 20.5. The molecule has 190 valence electrons. The van der Waals surface area contributed by atoms with Crippen molar-refractivity contribution in [1.29, 1.82) is 0 Å². The molecule has 1 N–H and O–H groups in total. The van der Waals surface area contributed by atoms with Crippen molar-refractivity contribution in [3.8, 4) is 0 Å². The standard InChI is InChI=1S/C27H33N5O4/c33-26(20-7-9-32(10-8-20)27-29-23-3-1-2-4-25(23)36-27)28-22-6-5-21(30-11-15-34-16-12-30)19-24(22)31-13-17-35-18-14-31/h1-6,19-20H,7-18H2,(H,28,33). The number of carbonyl (C=O) groups excluding carboxylic acids is 1.